The molecule has 3 amide bonds. The summed E-state index contributed by atoms with van der Waals surface area (Å²) < 4.78 is 0. The van der Waals surface area contributed by atoms with Crippen molar-refractivity contribution in [2.24, 2.45) is 5.92 Å². The number of para-hydroxylation sites is 1. The third kappa shape index (κ3) is 7.05. The van der Waals surface area contributed by atoms with E-state index in [4.69, 9.17) is 0 Å². The zero-order chi connectivity index (χ0) is 26.2. The second kappa shape index (κ2) is 12.3. The minimum Gasteiger partial charge on any atom is -0.342 e. The molecule has 1 fully saturated rings. The molecule has 0 aromatic heterocycles. The molecule has 1 atom stereocenters. The third-order valence-electron chi connectivity index (χ3n) is 6.97. The van der Waals surface area contributed by atoms with Gasteiger partial charge in [-0.25, -0.2) is 0 Å². The summed E-state index contributed by atoms with van der Waals surface area (Å²) in [6, 6.07) is 26.3. The van der Waals surface area contributed by atoms with Gasteiger partial charge < -0.3 is 15.5 Å². The molecule has 1 aliphatic rings. The number of carbonyl (C=O) groups excluding carboxylic acids is 3. The lowest BCUT2D eigenvalue weighted by Gasteiger charge is -2.33. The quantitative estimate of drug-likeness (QED) is 0.467. The van der Waals surface area contributed by atoms with Gasteiger partial charge in [0.05, 0.1) is 6.54 Å². The first-order valence-corrected chi connectivity index (χ1v) is 12.7. The Bertz CT molecular complexity index is 1210. The maximum absolute atomic E-state index is 13.0. The van der Waals surface area contributed by atoms with Gasteiger partial charge in [-0.2, -0.15) is 0 Å². The lowest BCUT2D eigenvalue weighted by atomic mass is 9.95. The third-order valence-corrected chi connectivity index (χ3v) is 6.97. The summed E-state index contributed by atoms with van der Waals surface area (Å²) in [4.78, 5) is 42.0. The Morgan fingerprint density at radius 2 is 1.49 bits per heavy atom. The Labute approximate surface area is 218 Å². The van der Waals surface area contributed by atoms with Gasteiger partial charge in [0.1, 0.15) is 0 Å². The predicted molar refractivity (Wildman–Crippen MR) is 146 cm³/mol. The van der Waals surface area contributed by atoms with Gasteiger partial charge in [-0.05, 0) is 68.8 Å². The Morgan fingerprint density at radius 3 is 2.16 bits per heavy atom. The maximum atomic E-state index is 13.0. The summed E-state index contributed by atoms with van der Waals surface area (Å²) in [5, 5.41) is 5.92. The Balaban J connectivity index is 1.27. The number of nitrogens with one attached hydrogen (secondary N) is 2. The van der Waals surface area contributed by atoms with Crippen LogP contribution >= 0.6 is 0 Å². The summed E-state index contributed by atoms with van der Waals surface area (Å²) in [6.07, 6.45) is 1.32. The van der Waals surface area contributed by atoms with Gasteiger partial charge in [0.2, 0.25) is 11.8 Å². The molecule has 192 valence electrons. The van der Waals surface area contributed by atoms with Crippen LogP contribution in [0.5, 0.6) is 0 Å². The number of hydrogen-bond donors (Lipinski definition) is 2. The van der Waals surface area contributed by atoms with Gasteiger partial charge in [-0.3, -0.25) is 19.3 Å². The highest BCUT2D eigenvalue weighted by molar-refractivity contribution is 6.04. The van der Waals surface area contributed by atoms with Crippen LogP contribution in [-0.2, 0) is 9.59 Å². The van der Waals surface area contributed by atoms with Crippen LogP contribution < -0.4 is 10.6 Å². The lowest BCUT2D eigenvalue weighted by Crippen LogP contribution is -2.45. The molecule has 3 aromatic rings. The largest absolute Gasteiger partial charge is 0.342 e. The summed E-state index contributed by atoms with van der Waals surface area (Å²) in [7, 11) is 1.93. The van der Waals surface area contributed by atoms with Crippen LogP contribution in [0.2, 0.25) is 0 Å². The van der Waals surface area contributed by atoms with E-state index in [-0.39, 0.29) is 36.2 Å². The van der Waals surface area contributed by atoms with Crippen molar-refractivity contribution in [3.8, 4) is 0 Å². The first-order valence-electron chi connectivity index (χ1n) is 12.7. The number of anilines is 2. The summed E-state index contributed by atoms with van der Waals surface area (Å²) in [5.74, 6) is -0.169. The van der Waals surface area contributed by atoms with Crippen molar-refractivity contribution in [1.82, 2.24) is 9.80 Å². The maximum Gasteiger partial charge on any atom is 0.255 e. The Hall–Kier alpha value is -3.97. The number of benzene rings is 3. The minimum absolute atomic E-state index is 0.0169. The summed E-state index contributed by atoms with van der Waals surface area (Å²) >= 11 is 0. The van der Waals surface area contributed by atoms with Crippen LogP contribution in [0.25, 0.3) is 0 Å². The van der Waals surface area contributed by atoms with E-state index in [1.54, 1.807) is 12.1 Å². The number of likely N-dealkylation sites (N-methyl/N-ethyl adjacent to an activating group) is 1. The second-order valence-electron chi connectivity index (χ2n) is 9.55. The summed E-state index contributed by atoms with van der Waals surface area (Å²) in [5.41, 5.74) is 3.13. The van der Waals surface area contributed by atoms with E-state index in [1.165, 1.54) is 0 Å². The molecule has 4 rings (SSSR count). The zero-order valence-corrected chi connectivity index (χ0v) is 21.4. The number of hydrogen-bond acceptors (Lipinski definition) is 4. The number of likely N-dealkylation sites (tertiary alicyclic amines) is 1. The number of rotatable bonds is 8. The Kier molecular flexibility index (Phi) is 8.69. The van der Waals surface area contributed by atoms with E-state index < -0.39 is 0 Å². The molecule has 0 bridgehead atoms. The highest BCUT2D eigenvalue weighted by atomic mass is 16.2. The van der Waals surface area contributed by atoms with Crippen LogP contribution in [0.3, 0.4) is 0 Å². The van der Waals surface area contributed by atoms with Crippen molar-refractivity contribution in [2.75, 3.05) is 37.3 Å². The Morgan fingerprint density at radius 1 is 0.865 bits per heavy atom. The smallest absolute Gasteiger partial charge is 0.255 e. The van der Waals surface area contributed by atoms with E-state index >= 15 is 0 Å². The topological polar surface area (TPSA) is 81.8 Å². The van der Waals surface area contributed by atoms with Gasteiger partial charge in [0.25, 0.3) is 5.91 Å². The van der Waals surface area contributed by atoms with Gasteiger partial charge in [-0.1, -0.05) is 48.5 Å². The highest BCUT2D eigenvalue weighted by Crippen LogP contribution is 2.24. The standard InChI is InChI=1S/C30H34N4O3/c1-22(25-12-9-15-27(20-25)32-29(36)23-10-5-3-6-11-23)33(2)21-28(35)34-18-16-24(17-19-34)30(37)31-26-13-7-4-8-14-26/h3-15,20,22,24H,16-19,21H2,1-2H3,(H,31,37)(H,32,36). The number of amides is 3. The van der Waals surface area contributed by atoms with Gasteiger partial charge in [-0.15, -0.1) is 0 Å². The highest BCUT2D eigenvalue weighted by Gasteiger charge is 2.28. The monoisotopic (exact) mass is 498 g/mol. The molecular weight excluding hydrogens is 464 g/mol. The van der Waals surface area contributed by atoms with Gasteiger partial charge >= 0.3 is 0 Å². The number of piperidine rings is 1. The van der Waals surface area contributed by atoms with Crippen molar-refractivity contribution in [2.45, 2.75) is 25.8 Å². The SMILES string of the molecule is CC(c1cccc(NC(=O)c2ccccc2)c1)N(C)CC(=O)N1CCC(C(=O)Nc2ccccc2)CC1. The van der Waals surface area contributed by atoms with Crippen molar-refractivity contribution >= 4 is 29.1 Å². The van der Waals surface area contributed by atoms with Crippen LogP contribution in [0.4, 0.5) is 11.4 Å². The first kappa shape index (κ1) is 26.1. The number of nitrogens with zero attached hydrogens (tertiary/aromatic N) is 2. The van der Waals surface area contributed by atoms with Crippen LogP contribution in [-0.4, -0.2) is 54.2 Å². The molecule has 0 spiro atoms. The average molecular weight is 499 g/mol. The molecule has 1 aliphatic heterocycles. The predicted octanol–water partition coefficient (Wildman–Crippen LogP) is 4.81. The van der Waals surface area contributed by atoms with E-state index in [2.05, 4.69) is 10.6 Å². The molecule has 0 saturated carbocycles. The van der Waals surface area contributed by atoms with Crippen LogP contribution in [0.1, 0.15) is 41.7 Å². The van der Waals surface area contributed by atoms with Gasteiger partial charge in [0, 0.05) is 42.0 Å². The molecule has 0 radical (unpaired) electrons. The molecule has 1 saturated heterocycles. The van der Waals surface area contributed by atoms with E-state index in [0.717, 1.165) is 11.3 Å². The fraction of sp³-hybridized carbons (Fsp3) is 0.300. The van der Waals surface area contributed by atoms with Crippen molar-refractivity contribution in [1.29, 1.82) is 0 Å². The summed E-state index contributed by atoms with van der Waals surface area (Å²) in [6.45, 7) is 3.48. The van der Waals surface area contributed by atoms with Crippen molar-refractivity contribution in [3.05, 3.63) is 96.1 Å². The molecular formula is C30H34N4O3. The minimum atomic E-state index is -0.158. The molecule has 37 heavy (non-hydrogen) atoms. The molecule has 3 aromatic carbocycles. The fourth-order valence-electron chi connectivity index (χ4n) is 4.53. The van der Waals surface area contributed by atoms with Crippen molar-refractivity contribution < 1.29 is 14.4 Å². The first-order chi connectivity index (χ1) is 17.9. The molecule has 0 aliphatic carbocycles. The van der Waals surface area contributed by atoms with E-state index in [1.807, 2.05) is 96.6 Å². The van der Waals surface area contributed by atoms with Crippen LogP contribution in [0, 0.1) is 5.92 Å². The van der Waals surface area contributed by atoms with E-state index in [9.17, 15) is 14.4 Å². The molecule has 7 heteroatoms. The molecule has 7 nitrogen and oxygen atoms in total. The zero-order valence-electron chi connectivity index (χ0n) is 21.4. The van der Waals surface area contributed by atoms with E-state index in [0.29, 0.717) is 37.2 Å². The average Bonchev–Trinajstić information content (AvgIpc) is 2.93. The number of carbonyl (C=O) groups is 3. The second-order valence-corrected chi connectivity index (χ2v) is 9.55. The lowest BCUT2D eigenvalue weighted by molar-refractivity contribution is -0.135. The fourth-order valence-corrected chi connectivity index (χ4v) is 4.53. The van der Waals surface area contributed by atoms with Gasteiger partial charge in [0.15, 0.2) is 0 Å². The molecule has 2 N–H and O–H groups in total. The molecule has 1 heterocycles. The normalized spacial score (nSPS) is 14.7. The van der Waals surface area contributed by atoms with Crippen molar-refractivity contribution in [3.63, 3.8) is 0 Å². The van der Waals surface area contributed by atoms with Crippen LogP contribution in [0.15, 0.2) is 84.9 Å². The molecule has 1 unspecified atom stereocenters.